The number of hydrogen-bond donors (Lipinski definition) is 2. The van der Waals surface area contributed by atoms with Gasteiger partial charge in [-0.25, -0.2) is 0 Å². The smallest absolute Gasteiger partial charge is 0.232 e. The number of aryl methyl sites for hydroxylation is 1. The third-order valence-electron chi connectivity index (χ3n) is 2.67. The van der Waals surface area contributed by atoms with Gasteiger partial charge in [-0.05, 0) is 19.1 Å². The van der Waals surface area contributed by atoms with Gasteiger partial charge in [-0.3, -0.25) is 0 Å². The van der Waals surface area contributed by atoms with Crippen molar-refractivity contribution in [3.63, 3.8) is 0 Å². The number of nitrogens with one attached hydrogen (secondary N) is 1. The van der Waals surface area contributed by atoms with E-state index < -0.39 is 0 Å². The van der Waals surface area contributed by atoms with E-state index in [-0.39, 0.29) is 5.95 Å². The number of nitrogens with zero attached hydrogens (tertiary/aromatic N) is 5. The third kappa shape index (κ3) is 3.89. The lowest BCUT2D eigenvalue weighted by Crippen LogP contribution is -2.06. The van der Waals surface area contributed by atoms with Crippen LogP contribution in [0.1, 0.15) is 11.4 Å². The molecule has 2 aromatic heterocycles. The molecule has 0 bridgehead atoms. The van der Waals surface area contributed by atoms with E-state index in [9.17, 15) is 0 Å². The second-order valence-corrected chi connectivity index (χ2v) is 6.47. The Kier molecular flexibility index (Phi) is 4.45. The summed E-state index contributed by atoms with van der Waals surface area (Å²) < 4.78 is 0.868. The monoisotopic (exact) mass is 331 g/mol. The Balaban J connectivity index is 1.73. The van der Waals surface area contributed by atoms with Crippen LogP contribution < -0.4 is 11.1 Å². The quantitative estimate of drug-likeness (QED) is 0.688. The SMILES string of the molecule is Cc1ccc(Nc2nc(N)nc(CSc3nncs3)n2)cc1. The van der Waals surface area contributed by atoms with Crippen molar-refractivity contribution < 1.29 is 0 Å². The van der Waals surface area contributed by atoms with Crippen molar-refractivity contribution in [2.45, 2.75) is 17.0 Å². The van der Waals surface area contributed by atoms with Crippen LogP contribution in [0.3, 0.4) is 0 Å². The Morgan fingerprint density at radius 1 is 1.18 bits per heavy atom. The van der Waals surface area contributed by atoms with Gasteiger partial charge >= 0.3 is 0 Å². The van der Waals surface area contributed by atoms with Crippen molar-refractivity contribution >= 4 is 40.7 Å². The van der Waals surface area contributed by atoms with Gasteiger partial charge < -0.3 is 11.1 Å². The minimum atomic E-state index is 0.192. The maximum absolute atomic E-state index is 5.75. The van der Waals surface area contributed by atoms with Gasteiger partial charge in [0.15, 0.2) is 4.34 Å². The van der Waals surface area contributed by atoms with Crippen molar-refractivity contribution in [2.24, 2.45) is 0 Å². The Morgan fingerprint density at radius 2 is 2.00 bits per heavy atom. The molecule has 112 valence electrons. The van der Waals surface area contributed by atoms with Crippen molar-refractivity contribution in [1.82, 2.24) is 25.1 Å². The van der Waals surface area contributed by atoms with Gasteiger partial charge in [-0.1, -0.05) is 40.8 Å². The first-order chi connectivity index (χ1) is 10.7. The van der Waals surface area contributed by atoms with Crippen LogP contribution in [-0.4, -0.2) is 25.1 Å². The zero-order chi connectivity index (χ0) is 15.4. The van der Waals surface area contributed by atoms with E-state index >= 15 is 0 Å². The molecule has 3 N–H and O–H groups in total. The number of hydrogen-bond acceptors (Lipinski definition) is 9. The Bertz CT molecular complexity index is 744. The minimum Gasteiger partial charge on any atom is -0.368 e. The zero-order valence-corrected chi connectivity index (χ0v) is 13.4. The van der Waals surface area contributed by atoms with E-state index in [1.807, 2.05) is 31.2 Å². The summed E-state index contributed by atoms with van der Waals surface area (Å²) in [6.45, 7) is 2.04. The predicted octanol–water partition coefficient (Wildman–Crippen LogP) is 2.65. The van der Waals surface area contributed by atoms with Crippen molar-refractivity contribution in [3.05, 3.63) is 41.2 Å². The highest BCUT2D eigenvalue weighted by atomic mass is 32.2. The molecule has 2 heterocycles. The maximum Gasteiger partial charge on any atom is 0.232 e. The standard InChI is InChI=1S/C13H13N7S2/c1-8-2-4-9(5-3-8)16-12-18-10(17-11(14)19-12)6-21-13-20-15-7-22-13/h2-5,7H,6H2,1H3,(H3,14,16,17,18,19). The molecule has 0 fully saturated rings. The molecule has 22 heavy (non-hydrogen) atoms. The predicted molar refractivity (Wildman–Crippen MR) is 88.2 cm³/mol. The molecule has 0 amide bonds. The van der Waals surface area contributed by atoms with E-state index in [0.29, 0.717) is 17.5 Å². The van der Waals surface area contributed by atoms with Crippen LogP contribution in [0.4, 0.5) is 17.6 Å². The number of benzene rings is 1. The number of nitrogen functional groups attached to an aromatic ring is 1. The second-order valence-electron chi connectivity index (χ2n) is 4.42. The number of nitrogens with two attached hydrogens (primary N) is 1. The summed E-state index contributed by atoms with van der Waals surface area (Å²) in [7, 11) is 0. The van der Waals surface area contributed by atoms with Gasteiger partial charge in [0.1, 0.15) is 11.3 Å². The first kappa shape index (κ1) is 14.7. The van der Waals surface area contributed by atoms with Crippen LogP contribution >= 0.6 is 23.1 Å². The Labute approximate surface area is 135 Å². The van der Waals surface area contributed by atoms with Crippen molar-refractivity contribution in [3.8, 4) is 0 Å². The Hall–Kier alpha value is -2.26. The van der Waals surface area contributed by atoms with Gasteiger partial charge in [-0.15, -0.1) is 10.2 Å². The third-order valence-corrected chi connectivity index (χ3v) is 4.53. The fraction of sp³-hybridized carbons (Fsp3) is 0.154. The zero-order valence-electron chi connectivity index (χ0n) is 11.7. The van der Waals surface area contributed by atoms with Crippen LogP contribution in [0.2, 0.25) is 0 Å². The highest BCUT2D eigenvalue weighted by Gasteiger charge is 2.07. The van der Waals surface area contributed by atoms with Crippen LogP contribution in [0, 0.1) is 6.92 Å². The summed E-state index contributed by atoms with van der Waals surface area (Å²) in [6, 6.07) is 7.95. The first-order valence-electron chi connectivity index (χ1n) is 6.42. The molecule has 0 aliphatic heterocycles. The summed E-state index contributed by atoms with van der Waals surface area (Å²) in [4.78, 5) is 12.6. The normalized spacial score (nSPS) is 10.6. The molecule has 3 rings (SSSR count). The molecule has 0 atom stereocenters. The second kappa shape index (κ2) is 6.67. The van der Waals surface area contributed by atoms with Crippen LogP contribution in [0.25, 0.3) is 0 Å². The van der Waals surface area contributed by atoms with Crippen LogP contribution in [-0.2, 0) is 5.75 Å². The largest absolute Gasteiger partial charge is 0.368 e. The average Bonchev–Trinajstić information content (AvgIpc) is 3.00. The molecule has 0 unspecified atom stereocenters. The highest BCUT2D eigenvalue weighted by molar-refractivity contribution is 8.00. The molecule has 9 heteroatoms. The molecule has 1 aromatic carbocycles. The van der Waals surface area contributed by atoms with Crippen molar-refractivity contribution in [2.75, 3.05) is 11.1 Å². The van der Waals surface area contributed by atoms with Crippen molar-refractivity contribution in [1.29, 1.82) is 0 Å². The fourth-order valence-corrected chi connectivity index (χ4v) is 3.02. The molecule has 3 aromatic rings. The van der Waals surface area contributed by atoms with Gasteiger partial charge in [0.05, 0.1) is 5.75 Å². The molecule has 0 radical (unpaired) electrons. The van der Waals surface area contributed by atoms with Gasteiger partial charge in [0.25, 0.3) is 0 Å². The molecule has 0 aliphatic rings. The summed E-state index contributed by atoms with van der Waals surface area (Å²) in [6.07, 6.45) is 0. The van der Waals surface area contributed by atoms with Gasteiger partial charge in [0.2, 0.25) is 11.9 Å². The van der Waals surface area contributed by atoms with Gasteiger partial charge in [0, 0.05) is 5.69 Å². The lowest BCUT2D eigenvalue weighted by atomic mass is 10.2. The maximum atomic E-state index is 5.75. The molecular weight excluding hydrogens is 318 g/mol. The summed E-state index contributed by atoms with van der Waals surface area (Å²) >= 11 is 2.99. The molecule has 0 saturated carbocycles. The number of thioether (sulfide) groups is 1. The number of anilines is 3. The molecule has 7 nitrogen and oxygen atoms in total. The highest BCUT2D eigenvalue weighted by Crippen LogP contribution is 2.23. The van der Waals surface area contributed by atoms with E-state index in [0.717, 1.165) is 10.0 Å². The number of rotatable bonds is 5. The lowest BCUT2D eigenvalue weighted by molar-refractivity contribution is 0.975. The van der Waals surface area contributed by atoms with E-state index in [1.165, 1.54) is 28.7 Å². The van der Waals surface area contributed by atoms with Crippen LogP contribution in [0.15, 0.2) is 34.1 Å². The van der Waals surface area contributed by atoms with E-state index in [1.54, 1.807) is 5.51 Å². The van der Waals surface area contributed by atoms with E-state index in [4.69, 9.17) is 5.73 Å². The lowest BCUT2D eigenvalue weighted by Gasteiger charge is -2.07. The average molecular weight is 331 g/mol. The fourth-order valence-electron chi connectivity index (χ4n) is 1.68. The summed E-state index contributed by atoms with van der Waals surface area (Å²) in [5.41, 5.74) is 9.53. The first-order valence-corrected chi connectivity index (χ1v) is 8.28. The Morgan fingerprint density at radius 3 is 2.73 bits per heavy atom. The molecule has 0 spiro atoms. The molecule has 0 saturated heterocycles. The minimum absolute atomic E-state index is 0.192. The van der Waals surface area contributed by atoms with Gasteiger partial charge in [-0.2, -0.15) is 15.0 Å². The topological polar surface area (TPSA) is 102 Å². The van der Waals surface area contributed by atoms with Crippen LogP contribution in [0.5, 0.6) is 0 Å². The summed E-state index contributed by atoms with van der Waals surface area (Å²) in [5, 5.41) is 10.9. The molecule has 0 aliphatic carbocycles. The van der Waals surface area contributed by atoms with E-state index in [2.05, 4.69) is 30.5 Å². The summed E-state index contributed by atoms with van der Waals surface area (Å²) in [5.74, 6) is 1.79. The molecular formula is C13H13N7S2. The number of aromatic nitrogens is 5.